The first-order valence-electron chi connectivity index (χ1n) is 11.1. The summed E-state index contributed by atoms with van der Waals surface area (Å²) in [5.74, 6) is 0. The number of aromatic nitrogens is 2. The van der Waals surface area contributed by atoms with Crippen LogP contribution < -0.4 is 5.32 Å². The van der Waals surface area contributed by atoms with E-state index in [4.69, 9.17) is 4.74 Å². The molecule has 0 unspecified atom stereocenters. The first-order valence-corrected chi connectivity index (χ1v) is 11.1. The van der Waals surface area contributed by atoms with Gasteiger partial charge in [0.25, 0.3) is 0 Å². The number of ether oxygens (including phenoxy) is 1. The minimum Gasteiger partial charge on any atom is -0.449 e. The molecule has 0 atom stereocenters. The highest BCUT2D eigenvalue weighted by Gasteiger charge is 2.13. The van der Waals surface area contributed by atoms with Gasteiger partial charge in [0.2, 0.25) is 0 Å². The van der Waals surface area contributed by atoms with Crippen LogP contribution in [0.25, 0.3) is 10.9 Å². The Morgan fingerprint density at radius 2 is 2.16 bits per heavy atom. The van der Waals surface area contributed by atoms with Crippen LogP contribution in [0.15, 0.2) is 49.3 Å². The van der Waals surface area contributed by atoms with Crippen molar-refractivity contribution in [3.8, 4) is 0 Å². The molecule has 3 N–H and O–H groups in total. The van der Waals surface area contributed by atoms with Crippen LogP contribution in [0.4, 0.5) is 10.5 Å². The van der Waals surface area contributed by atoms with Crippen molar-refractivity contribution in [3.63, 3.8) is 0 Å². The largest absolute Gasteiger partial charge is 0.449 e. The van der Waals surface area contributed by atoms with Crippen molar-refractivity contribution < 1.29 is 9.53 Å². The Hall–Kier alpha value is -2.99. The summed E-state index contributed by atoms with van der Waals surface area (Å²) in [5, 5.41) is 3.98. The second-order valence-corrected chi connectivity index (χ2v) is 7.93. The minimum absolute atomic E-state index is 0.334. The summed E-state index contributed by atoms with van der Waals surface area (Å²) in [6, 6.07) is 8.09. The Kier molecular flexibility index (Phi) is 8.35. The lowest BCUT2D eigenvalue weighted by Gasteiger charge is -2.21. The number of carbonyl (C=O) groups is 1. The normalized spacial score (nSPS) is 11.2. The van der Waals surface area contributed by atoms with E-state index in [0.29, 0.717) is 13.0 Å². The second kappa shape index (κ2) is 11.4. The molecule has 0 saturated carbocycles. The summed E-state index contributed by atoms with van der Waals surface area (Å²) >= 11 is 0. The lowest BCUT2D eigenvalue weighted by molar-refractivity contribution is 0.164. The van der Waals surface area contributed by atoms with Gasteiger partial charge in [-0.3, -0.25) is 10.2 Å². The van der Waals surface area contributed by atoms with Crippen molar-refractivity contribution in [1.29, 1.82) is 0 Å². The molecule has 0 saturated heterocycles. The van der Waals surface area contributed by atoms with Crippen LogP contribution in [-0.2, 0) is 17.7 Å². The molecule has 0 spiro atoms. The lowest BCUT2D eigenvalue weighted by Crippen LogP contribution is -2.26. The maximum absolute atomic E-state index is 12.0. The Labute approximate surface area is 184 Å². The summed E-state index contributed by atoms with van der Waals surface area (Å²) in [6.45, 7) is 11.3. The number of nitrogens with one attached hydrogen (secondary N) is 3. The fourth-order valence-corrected chi connectivity index (χ4v) is 3.81. The third kappa shape index (κ3) is 6.49. The number of carbonyl (C=O) groups excluding carboxylic acids is 1. The first kappa shape index (κ1) is 22.7. The fourth-order valence-electron chi connectivity index (χ4n) is 3.81. The SMILES string of the molecule is C=CCCOC(=O)Nc1ccc2[nH]c(C)c(CCN(CCCC)Cc3cc[nH]c3)c2c1. The third-order valence-corrected chi connectivity index (χ3v) is 5.50. The van der Waals surface area contributed by atoms with Crippen molar-refractivity contribution in [2.75, 3.05) is 25.0 Å². The molecular formula is C25H34N4O2. The standard InChI is InChI=1S/C25H34N4O2/c1-4-6-13-29(18-20-10-12-26-17-20)14-11-22-19(3)27-24-9-8-21(16-23(22)24)28-25(30)31-15-7-5-2/h5,8-10,12,16-17,26-27H,2,4,6-7,11,13-15,18H2,1,3H3,(H,28,30). The molecule has 0 aliphatic heterocycles. The summed E-state index contributed by atoms with van der Waals surface area (Å²) in [5.41, 5.74) is 5.62. The number of benzene rings is 1. The third-order valence-electron chi connectivity index (χ3n) is 5.50. The molecule has 1 amide bonds. The van der Waals surface area contributed by atoms with Gasteiger partial charge in [0.05, 0.1) is 6.61 Å². The molecule has 2 aromatic heterocycles. The van der Waals surface area contributed by atoms with Gasteiger partial charge in [0, 0.05) is 47.8 Å². The predicted molar refractivity (Wildman–Crippen MR) is 128 cm³/mol. The average molecular weight is 423 g/mol. The van der Waals surface area contributed by atoms with E-state index in [-0.39, 0.29) is 0 Å². The van der Waals surface area contributed by atoms with Gasteiger partial charge in [-0.25, -0.2) is 4.79 Å². The molecule has 0 radical (unpaired) electrons. The number of anilines is 1. The van der Waals surface area contributed by atoms with E-state index >= 15 is 0 Å². The van der Waals surface area contributed by atoms with E-state index in [1.807, 2.05) is 24.4 Å². The number of aryl methyl sites for hydroxylation is 1. The first-order chi connectivity index (χ1) is 15.1. The molecule has 0 aliphatic rings. The van der Waals surface area contributed by atoms with Gasteiger partial charge in [-0.2, -0.15) is 0 Å². The molecule has 3 rings (SSSR count). The van der Waals surface area contributed by atoms with Gasteiger partial charge < -0.3 is 14.7 Å². The van der Waals surface area contributed by atoms with Gasteiger partial charge in [-0.1, -0.05) is 19.4 Å². The molecule has 0 bridgehead atoms. The quantitative estimate of drug-likeness (QED) is 0.256. The Morgan fingerprint density at radius 3 is 2.90 bits per heavy atom. The molecule has 2 heterocycles. The van der Waals surface area contributed by atoms with E-state index < -0.39 is 6.09 Å². The zero-order valence-corrected chi connectivity index (χ0v) is 18.7. The van der Waals surface area contributed by atoms with Crippen molar-refractivity contribution >= 4 is 22.7 Å². The number of fused-ring (bicyclic) bond motifs is 1. The fraction of sp³-hybridized carbons (Fsp3) is 0.400. The molecule has 166 valence electrons. The van der Waals surface area contributed by atoms with Gasteiger partial charge in [-0.15, -0.1) is 6.58 Å². The van der Waals surface area contributed by atoms with Crippen LogP contribution in [0.5, 0.6) is 0 Å². The molecule has 6 heteroatoms. The maximum Gasteiger partial charge on any atom is 0.411 e. The smallest absolute Gasteiger partial charge is 0.411 e. The molecule has 6 nitrogen and oxygen atoms in total. The van der Waals surface area contributed by atoms with E-state index in [2.05, 4.69) is 52.9 Å². The summed E-state index contributed by atoms with van der Waals surface area (Å²) in [4.78, 5) is 21.1. The van der Waals surface area contributed by atoms with Crippen molar-refractivity contribution in [2.45, 2.75) is 46.1 Å². The topological polar surface area (TPSA) is 73.2 Å². The van der Waals surface area contributed by atoms with Gasteiger partial charge >= 0.3 is 6.09 Å². The number of unbranched alkanes of at least 4 members (excludes halogenated alkanes) is 1. The highest BCUT2D eigenvalue weighted by atomic mass is 16.5. The van der Waals surface area contributed by atoms with E-state index in [9.17, 15) is 4.79 Å². The van der Waals surface area contributed by atoms with Gasteiger partial charge in [-0.05, 0) is 68.1 Å². The maximum atomic E-state index is 12.0. The lowest BCUT2D eigenvalue weighted by atomic mass is 10.1. The van der Waals surface area contributed by atoms with Crippen LogP contribution in [0, 0.1) is 6.92 Å². The van der Waals surface area contributed by atoms with Gasteiger partial charge in [0.1, 0.15) is 0 Å². The number of hydrogen-bond acceptors (Lipinski definition) is 3. The van der Waals surface area contributed by atoms with Crippen molar-refractivity contribution in [2.24, 2.45) is 0 Å². The van der Waals surface area contributed by atoms with E-state index in [0.717, 1.165) is 42.6 Å². The molecular weight excluding hydrogens is 388 g/mol. The number of hydrogen-bond donors (Lipinski definition) is 3. The molecule has 31 heavy (non-hydrogen) atoms. The van der Waals surface area contributed by atoms with Gasteiger partial charge in [0.15, 0.2) is 0 Å². The predicted octanol–water partition coefficient (Wildman–Crippen LogP) is 5.77. The van der Waals surface area contributed by atoms with Crippen LogP contribution in [0.2, 0.25) is 0 Å². The number of aromatic amines is 2. The highest BCUT2D eigenvalue weighted by Crippen LogP contribution is 2.26. The summed E-state index contributed by atoms with van der Waals surface area (Å²) in [6.07, 6.45) is 9.32. The number of amides is 1. The minimum atomic E-state index is -0.438. The molecule has 1 aromatic carbocycles. The van der Waals surface area contributed by atoms with E-state index in [1.165, 1.54) is 29.7 Å². The molecule has 3 aromatic rings. The highest BCUT2D eigenvalue weighted by molar-refractivity contribution is 5.92. The Bertz CT molecular complexity index is 975. The monoisotopic (exact) mass is 422 g/mol. The van der Waals surface area contributed by atoms with Crippen LogP contribution in [-0.4, -0.2) is 40.7 Å². The zero-order chi connectivity index (χ0) is 22.1. The number of nitrogens with zero attached hydrogens (tertiary/aromatic N) is 1. The Balaban J connectivity index is 1.70. The summed E-state index contributed by atoms with van der Waals surface area (Å²) in [7, 11) is 0. The average Bonchev–Trinajstić information content (AvgIpc) is 3.37. The van der Waals surface area contributed by atoms with E-state index in [1.54, 1.807) is 6.08 Å². The number of H-pyrrole nitrogens is 2. The molecule has 0 aliphatic carbocycles. The van der Waals surface area contributed by atoms with Crippen molar-refractivity contribution in [3.05, 3.63) is 66.1 Å². The van der Waals surface area contributed by atoms with Crippen LogP contribution >= 0.6 is 0 Å². The Morgan fingerprint density at radius 1 is 1.29 bits per heavy atom. The molecule has 0 fully saturated rings. The summed E-state index contributed by atoms with van der Waals surface area (Å²) < 4.78 is 5.16. The number of rotatable bonds is 12. The van der Waals surface area contributed by atoms with Crippen LogP contribution in [0.1, 0.15) is 43.0 Å². The zero-order valence-electron chi connectivity index (χ0n) is 18.7. The van der Waals surface area contributed by atoms with Crippen molar-refractivity contribution in [1.82, 2.24) is 14.9 Å². The van der Waals surface area contributed by atoms with Crippen LogP contribution in [0.3, 0.4) is 0 Å². The second-order valence-electron chi connectivity index (χ2n) is 7.93.